The smallest absolute Gasteiger partial charge is 0.246 e. The van der Waals surface area contributed by atoms with E-state index >= 15 is 0 Å². The molecule has 1 saturated heterocycles. The van der Waals surface area contributed by atoms with Crippen molar-refractivity contribution in [2.24, 2.45) is 14.1 Å². The summed E-state index contributed by atoms with van der Waals surface area (Å²) < 4.78 is 3.86. The van der Waals surface area contributed by atoms with E-state index in [4.69, 9.17) is 0 Å². The van der Waals surface area contributed by atoms with Gasteiger partial charge < -0.3 is 9.47 Å². The fourth-order valence-electron chi connectivity index (χ4n) is 3.10. The maximum atomic E-state index is 12.5. The van der Waals surface area contributed by atoms with Crippen molar-refractivity contribution in [1.82, 2.24) is 24.2 Å². The Morgan fingerprint density at radius 3 is 2.87 bits per heavy atom. The number of nitrogens with zero attached hydrogens (tertiary/aromatic N) is 5. The molecule has 2 aromatic rings. The number of amides is 1. The molecule has 1 fully saturated rings. The van der Waals surface area contributed by atoms with Crippen LogP contribution >= 0.6 is 0 Å². The first-order valence-electron chi connectivity index (χ1n) is 7.99. The van der Waals surface area contributed by atoms with E-state index in [0.717, 1.165) is 43.0 Å². The van der Waals surface area contributed by atoms with E-state index in [9.17, 15) is 4.79 Å². The van der Waals surface area contributed by atoms with E-state index in [0.29, 0.717) is 5.92 Å². The van der Waals surface area contributed by atoms with Gasteiger partial charge in [-0.15, -0.1) is 0 Å². The largest absolute Gasteiger partial charge is 0.338 e. The second kappa shape index (κ2) is 6.40. The Hall–Kier alpha value is -2.37. The number of aryl methyl sites for hydroxylation is 2. The van der Waals surface area contributed by atoms with Crippen LogP contribution in [-0.4, -0.2) is 43.2 Å². The molecule has 0 bridgehead atoms. The molecule has 0 aliphatic carbocycles. The molecule has 122 valence electrons. The van der Waals surface area contributed by atoms with Gasteiger partial charge in [0.05, 0.1) is 6.20 Å². The van der Waals surface area contributed by atoms with Crippen LogP contribution in [0.5, 0.6) is 0 Å². The molecule has 6 nitrogen and oxygen atoms in total. The molecule has 1 unspecified atom stereocenters. The predicted octanol–water partition coefficient (Wildman–Crippen LogP) is 1.88. The first-order chi connectivity index (χ1) is 11.1. The normalized spacial score (nSPS) is 18.7. The van der Waals surface area contributed by atoms with Crippen LogP contribution in [0.4, 0.5) is 0 Å². The van der Waals surface area contributed by atoms with Crippen LogP contribution in [0.2, 0.25) is 0 Å². The van der Waals surface area contributed by atoms with Gasteiger partial charge in [0.15, 0.2) is 0 Å². The molecule has 3 rings (SSSR count). The Kier molecular flexibility index (Phi) is 4.32. The second-order valence-corrected chi connectivity index (χ2v) is 6.16. The quantitative estimate of drug-likeness (QED) is 0.813. The molecule has 0 saturated carbocycles. The Morgan fingerprint density at radius 1 is 1.39 bits per heavy atom. The molecule has 1 aliphatic heterocycles. The fourth-order valence-corrected chi connectivity index (χ4v) is 3.10. The van der Waals surface area contributed by atoms with Gasteiger partial charge in [-0.1, -0.05) is 0 Å². The third-order valence-corrected chi connectivity index (χ3v) is 4.64. The van der Waals surface area contributed by atoms with E-state index in [2.05, 4.69) is 10.1 Å². The summed E-state index contributed by atoms with van der Waals surface area (Å²) in [6, 6.07) is 0. The Morgan fingerprint density at radius 2 is 2.22 bits per heavy atom. The summed E-state index contributed by atoms with van der Waals surface area (Å²) in [4.78, 5) is 18.8. The minimum absolute atomic E-state index is 0.0622. The molecule has 0 radical (unpaired) electrons. The lowest BCUT2D eigenvalue weighted by Gasteiger charge is -2.31. The van der Waals surface area contributed by atoms with Crippen molar-refractivity contribution in [3.63, 3.8) is 0 Å². The minimum atomic E-state index is 0.0622. The van der Waals surface area contributed by atoms with Gasteiger partial charge in [-0.25, -0.2) is 4.98 Å². The van der Waals surface area contributed by atoms with E-state index < -0.39 is 0 Å². The molecule has 1 amide bonds. The number of aromatic nitrogens is 4. The SMILES string of the molecule is Cc1c(/C=C/C(=O)N2CCCC(c3nccn3C)C2)cnn1C. The molecule has 2 aromatic heterocycles. The summed E-state index contributed by atoms with van der Waals surface area (Å²) in [5, 5.41) is 4.19. The standard InChI is InChI=1S/C17H23N5O/c1-13-14(11-19-21(13)3)6-7-16(23)22-9-4-5-15(12-22)17-18-8-10-20(17)2/h6-8,10-11,15H,4-5,9,12H2,1-3H3/b7-6+. The van der Waals surface area contributed by atoms with Crippen LogP contribution in [0.25, 0.3) is 6.08 Å². The molecule has 0 aromatic carbocycles. The molecule has 6 heteroatoms. The van der Waals surface area contributed by atoms with Gasteiger partial charge in [-0.3, -0.25) is 9.48 Å². The van der Waals surface area contributed by atoms with Crippen molar-refractivity contribution < 1.29 is 4.79 Å². The number of carbonyl (C=O) groups is 1. The van der Waals surface area contributed by atoms with Crippen molar-refractivity contribution in [2.75, 3.05) is 13.1 Å². The summed E-state index contributed by atoms with van der Waals surface area (Å²) in [6.45, 7) is 3.55. The average molecular weight is 313 g/mol. The maximum absolute atomic E-state index is 12.5. The Labute approximate surface area is 136 Å². The second-order valence-electron chi connectivity index (χ2n) is 6.16. The van der Waals surface area contributed by atoms with Crippen LogP contribution in [0.15, 0.2) is 24.7 Å². The van der Waals surface area contributed by atoms with Crippen molar-refractivity contribution >= 4 is 12.0 Å². The monoisotopic (exact) mass is 313 g/mol. The molecule has 0 N–H and O–H groups in total. The number of imidazole rings is 1. The summed E-state index contributed by atoms with van der Waals surface area (Å²) in [5.74, 6) is 1.45. The first-order valence-corrected chi connectivity index (χ1v) is 7.99. The van der Waals surface area contributed by atoms with Gasteiger partial charge >= 0.3 is 0 Å². The highest BCUT2D eigenvalue weighted by atomic mass is 16.2. The highest BCUT2D eigenvalue weighted by Gasteiger charge is 2.25. The van der Waals surface area contributed by atoms with E-state index in [1.807, 2.05) is 53.6 Å². The van der Waals surface area contributed by atoms with Gasteiger partial charge in [0.25, 0.3) is 0 Å². The van der Waals surface area contributed by atoms with Gasteiger partial charge in [-0.05, 0) is 25.8 Å². The number of likely N-dealkylation sites (tertiary alicyclic amines) is 1. The van der Waals surface area contributed by atoms with E-state index in [-0.39, 0.29) is 5.91 Å². The lowest BCUT2D eigenvalue weighted by Crippen LogP contribution is -2.38. The minimum Gasteiger partial charge on any atom is -0.338 e. The zero-order valence-corrected chi connectivity index (χ0v) is 13.9. The predicted molar refractivity (Wildman–Crippen MR) is 88.7 cm³/mol. The molecular formula is C17H23N5O. The molecule has 23 heavy (non-hydrogen) atoms. The molecule has 1 atom stereocenters. The highest BCUT2D eigenvalue weighted by molar-refractivity contribution is 5.92. The van der Waals surface area contributed by atoms with Crippen LogP contribution in [0.3, 0.4) is 0 Å². The third-order valence-electron chi connectivity index (χ3n) is 4.64. The third kappa shape index (κ3) is 3.21. The van der Waals surface area contributed by atoms with Crippen molar-refractivity contribution in [2.45, 2.75) is 25.7 Å². The molecule has 0 spiro atoms. The van der Waals surface area contributed by atoms with Crippen molar-refractivity contribution in [3.8, 4) is 0 Å². The van der Waals surface area contributed by atoms with E-state index in [1.165, 1.54) is 0 Å². The van der Waals surface area contributed by atoms with Crippen molar-refractivity contribution in [3.05, 3.63) is 41.7 Å². The highest BCUT2D eigenvalue weighted by Crippen LogP contribution is 2.25. The number of rotatable bonds is 3. The van der Waals surface area contributed by atoms with Crippen LogP contribution in [0, 0.1) is 6.92 Å². The van der Waals surface area contributed by atoms with Gasteiger partial charge in [0, 0.05) is 62.8 Å². The summed E-state index contributed by atoms with van der Waals surface area (Å²) >= 11 is 0. The number of hydrogen-bond acceptors (Lipinski definition) is 3. The van der Waals surface area contributed by atoms with Gasteiger partial charge in [0.1, 0.15) is 5.82 Å². The zero-order chi connectivity index (χ0) is 16.4. The summed E-state index contributed by atoms with van der Waals surface area (Å²) in [5.41, 5.74) is 2.04. The van der Waals surface area contributed by atoms with Gasteiger partial charge in [-0.2, -0.15) is 5.10 Å². The van der Waals surface area contributed by atoms with Crippen LogP contribution < -0.4 is 0 Å². The summed E-state index contributed by atoms with van der Waals surface area (Å²) in [6.07, 6.45) is 11.2. The molecule has 1 aliphatic rings. The Balaban J connectivity index is 1.68. The summed E-state index contributed by atoms with van der Waals surface area (Å²) in [7, 11) is 3.91. The van der Waals surface area contributed by atoms with Crippen LogP contribution in [0.1, 0.15) is 35.8 Å². The zero-order valence-electron chi connectivity index (χ0n) is 13.9. The van der Waals surface area contributed by atoms with Crippen molar-refractivity contribution in [1.29, 1.82) is 0 Å². The average Bonchev–Trinajstić information content (AvgIpc) is 3.12. The molecular weight excluding hydrogens is 290 g/mol. The number of carbonyl (C=O) groups excluding carboxylic acids is 1. The topological polar surface area (TPSA) is 56.0 Å². The van der Waals surface area contributed by atoms with Crippen LogP contribution in [-0.2, 0) is 18.9 Å². The number of piperidine rings is 1. The first kappa shape index (κ1) is 15.5. The maximum Gasteiger partial charge on any atom is 0.246 e. The van der Waals surface area contributed by atoms with Gasteiger partial charge in [0.2, 0.25) is 5.91 Å². The molecule has 3 heterocycles. The fraction of sp³-hybridized carbons (Fsp3) is 0.471. The van der Waals surface area contributed by atoms with E-state index in [1.54, 1.807) is 12.3 Å². The number of hydrogen-bond donors (Lipinski definition) is 0. The lowest BCUT2D eigenvalue weighted by molar-refractivity contribution is -0.127. The Bertz CT molecular complexity index is 727. The lowest BCUT2D eigenvalue weighted by atomic mass is 9.97.